The fourth-order valence-electron chi connectivity index (χ4n) is 5.54. The number of piperidine rings is 1. The maximum Gasteiger partial charge on any atom is 0.150 e. The molecule has 0 spiro atoms. The molecule has 37 heavy (non-hydrogen) atoms. The van der Waals surface area contributed by atoms with E-state index in [1.54, 1.807) is 0 Å². The predicted octanol–water partition coefficient (Wildman–Crippen LogP) is 5.61. The molecule has 2 aliphatic heterocycles. The third-order valence-electron chi connectivity index (χ3n) is 7.62. The summed E-state index contributed by atoms with van der Waals surface area (Å²) >= 11 is 6.16. The SMILES string of the molecule is Clc1ccc2ncc(N3CC(c4nccnc4N4CCC(c5ccc6ccccc6n5)CC4)C3)nc2c1. The fourth-order valence-corrected chi connectivity index (χ4v) is 5.70. The predicted molar refractivity (Wildman–Crippen MR) is 147 cm³/mol. The zero-order valence-electron chi connectivity index (χ0n) is 20.3. The molecular weight excluding hydrogens is 482 g/mol. The Morgan fingerprint density at radius 3 is 2.46 bits per heavy atom. The summed E-state index contributed by atoms with van der Waals surface area (Å²) < 4.78 is 0. The number of nitrogens with zero attached hydrogens (tertiary/aromatic N) is 7. The second kappa shape index (κ2) is 9.23. The van der Waals surface area contributed by atoms with Crippen molar-refractivity contribution >= 4 is 45.2 Å². The van der Waals surface area contributed by atoms with Gasteiger partial charge in [0.15, 0.2) is 5.82 Å². The van der Waals surface area contributed by atoms with Gasteiger partial charge in [-0.3, -0.25) is 15.0 Å². The maximum absolute atomic E-state index is 6.16. The molecule has 0 bridgehead atoms. The molecule has 0 radical (unpaired) electrons. The molecule has 3 aromatic heterocycles. The zero-order chi connectivity index (χ0) is 24.8. The Labute approximate surface area is 220 Å². The van der Waals surface area contributed by atoms with Gasteiger partial charge in [0, 0.05) is 66.5 Å². The van der Waals surface area contributed by atoms with Gasteiger partial charge in [0.1, 0.15) is 5.82 Å². The van der Waals surface area contributed by atoms with Gasteiger partial charge in [-0.25, -0.2) is 9.97 Å². The van der Waals surface area contributed by atoms with E-state index in [2.05, 4.69) is 51.2 Å². The average molecular weight is 508 g/mol. The van der Waals surface area contributed by atoms with Crippen LogP contribution in [0.1, 0.15) is 36.1 Å². The van der Waals surface area contributed by atoms with E-state index in [0.29, 0.717) is 16.9 Å². The van der Waals surface area contributed by atoms with Gasteiger partial charge in [0.25, 0.3) is 0 Å². The van der Waals surface area contributed by atoms with Gasteiger partial charge in [-0.05, 0) is 43.2 Å². The number of rotatable bonds is 4. The molecule has 2 aliphatic rings. The van der Waals surface area contributed by atoms with Crippen molar-refractivity contribution in [3.63, 3.8) is 0 Å². The highest BCUT2D eigenvalue weighted by Gasteiger charge is 2.34. The number of para-hydroxylation sites is 1. The first kappa shape index (κ1) is 22.4. The van der Waals surface area contributed by atoms with Crippen molar-refractivity contribution in [2.75, 3.05) is 36.0 Å². The van der Waals surface area contributed by atoms with Crippen molar-refractivity contribution in [1.82, 2.24) is 24.9 Å². The minimum absolute atomic E-state index is 0.320. The molecule has 5 aromatic rings. The highest BCUT2D eigenvalue weighted by molar-refractivity contribution is 6.31. The quantitative estimate of drug-likeness (QED) is 0.313. The largest absolute Gasteiger partial charge is 0.355 e. The molecule has 0 saturated carbocycles. The van der Waals surface area contributed by atoms with Gasteiger partial charge >= 0.3 is 0 Å². The van der Waals surface area contributed by atoms with Crippen LogP contribution in [0.3, 0.4) is 0 Å². The van der Waals surface area contributed by atoms with Gasteiger partial charge in [0.05, 0.1) is 28.4 Å². The molecule has 2 saturated heterocycles. The van der Waals surface area contributed by atoms with E-state index in [4.69, 9.17) is 31.5 Å². The first-order chi connectivity index (χ1) is 18.2. The average Bonchev–Trinajstić information content (AvgIpc) is 2.92. The Morgan fingerprint density at radius 2 is 1.57 bits per heavy atom. The van der Waals surface area contributed by atoms with E-state index >= 15 is 0 Å². The summed E-state index contributed by atoms with van der Waals surface area (Å²) in [6.45, 7) is 3.62. The van der Waals surface area contributed by atoms with Crippen LogP contribution in [-0.4, -0.2) is 51.1 Å². The number of halogens is 1. The number of aromatic nitrogens is 5. The third-order valence-corrected chi connectivity index (χ3v) is 7.86. The third kappa shape index (κ3) is 4.23. The molecule has 7 nitrogen and oxygen atoms in total. The lowest BCUT2D eigenvalue weighted by Gasteiger charge is -2.41. The van der Waals surface area contributed by atoms with Crippen molar-refractivity contribution in [3.05, 3.63) is 89.6 Å². The van der Waals surface area contributed by atoms with Crippen LogP contribution in [-0.2, 0) is 0 Å². The summed E-state index contributed by atoms with van der Waals surface area (Å²) in [7, 11) is 0. The molecule has 0 N–H and O–H groups in total. The summed E-state index contributed by atoms with van der Waals surface area (Å²) in [4.78, 5) is 28.5. The maximum atomic E-state index is 6.16. The van der Waals surface area contributed by atoms with Crippen LogP contribution < -0.4 is 9.80 Å². The van der Waals surface area contributed by atoms with E-state index in [1.807, 2.05) is 36.8 Å². The van der Waals surface area contributed by atoms with Crippen molar-refractivity contribution in [3.8, 4) is 0 Å². The van der Waals surface area contributed by atoms with Crippen LogP contribution in [0.4, 0.5) is 11.6 Å². The standard InChI is InChI=1S/C29H26ClN7/c30-22-6-8-25-26(15-22)35-27(16-33-25)37-17-21(18-37)28-29(32-12-11-31-28)36-13-9-20(10-14-36)24-7-5-19-3-1-2-4-23(19)34-24/h1-8,11-12,15-16,20-21H,9-10,13-14,17-18H2. The molecule has 0 unspecified atom stereocenters. The van der Waals surface area contributed by atoms with Crippen LogP contribution in [0.25, 0.3) is 21.9 Å². The summed E-state index contributed by atoms with van der Waals surface area (Å²) in [5.41, 5.74) is 5.02. The van der Waals surface area contributed by atoms with Crippen LogP contribution >= 0.6 is 11.6 Å². The smallest absolute Gasteiger partial charge is 0.150 e. The number of hydrogen-bond acceptors (Lipinski definition) is 7. The van der Waals surface area contributed by atoms with E-state index < -0.39 is 0 Å². The van der Waals surface area contributed by atoms with Crippen LogP contribution in [0.5, 0.6) is 0 Å². The molecule has 7 rings (SSSR count). The van der Waals surface area contributed by atoms with Crippen molar-refractivity contribution < 1.29 is 0 Å². The van der Waals surface area contributed by atoms with E-state index in [9.17, 15) is 0 Å². The Balaban J connectivity index is 1.04. The van der Waals surface area contributed by atoms with Crippen LogP contribution in [0.15, 0.2) is 73.2 Å². The second-order valence-electron chi connectivity index (χ2n) is 9.92. The lowest BCUT2D eigenvalue weighted by atomic mass is 9.91. The first-order valence-corrected chi connectivity index (χ1v) is 13.2. The zero-order valence-corrected chi connectivity index (χ0v) is 21.1. The van der Waals surface area contributed by atoms with E-state index in [0.717, 1.165) is 72.9 Å². The van der Waals surface area contributed by atoms with E-state index in [-0.39, 0.29) is 0 Å². The molecule has 8 heteroatoms. The van der Waals surface area contributed by atoms with Gasteiger partial charge < -0.3 is 9.80 Å². The van der Waals surface area contributed by atoms with Gasteiger partial charge in [-0.2, -0.15) is 0 Å². The van der Waals surface area contributed by atoms with Crippen LogP contribution in [0.2, 0.25) is 5.02 Å². The Hall–Kier alpha value is -3.84. The van der Waals surface area contributed by atoms with E-state index in [1.165, 1.54) is 11.1 Å². The fraction of sp³-hybridized carbons (Fsp3) is 0.276. The van der Waals surface area contributed by atoms with Crippen LogP contribution in [0, 0.1) is 0 Å². The number of pyridine rings is 1. The van der Waals surface area contributed by atoms with Gasteiger partial charge in [-0.15, -0.1) is 0 Å². The molecule has 2 aromatic carbocycles. The summed E-state index contributed by atoms with van der Waals surface area (Å²) in [6.07, 6.45) is 7.59. The normalized spacial score (nSPS) is 16.9. The van der Waals surface area contributed by atoms with Gasteiger partial charge in [-0.1, -0.05) is 35.9 Å². The Kier molecular flexibility index (Phi) is 5.58. The minimum atomic E-state index is 0.320. The highest BCUT2D eigenvalue weighted by atomic mass is 35.5. The topological polar surface area (TPSA) is 70.9 Å². The number of anilines is 2. The highest BCUT2D eigenvalue weighted by Crippen LogP contribution is 2.36. The monoisotopic (exact) mass is 507 g/mol. The molecule has 0 amide bonds. The minimum Gasteiger partial charge on any atom is -0.355 e. The number of fused-ring (bicyclic) bond motifs is 2. The number of hydrogen-bond donors (Lipinski definition) is 0. The molecule has 184 valence electrons. The first-order valence-electron chi connectivity index (χ1n) is 12.8. The molecule has 2 fully saturated rings. The molecule has 0 atom stereocenters. The summed E-state index contributed by atoms with van der Waals surface area (Å²) in [6, 6.07) is 18.3. The second-order valence-corrected chi connectivity index (χ2v) is 10.4. The van der Waals surface area contributed by atoms with Crippen molar-refractivity contribution in [2.45, 2.75) is 24.7 Å². The molecular formula is C29H26ClN7. The van der Waals surface area contributed by atoms with Crippen molar-refractivity contribution in [1.29, 1.82) is 0 Å². The lowest BCUT2D eigenvalue weighted by molar-refractivity contribution is 0.480. The van der Waals surface area contributed by atoms with Crippen molar-refractivity contribution in [2.24, 2.45) is 0 Å². The number of benzene rings is 2. The Bertz CT molecular complexity index is 1590. The van der Waals surface area contributed by atoms with Gasteiger partial charge in [0.2, 0.25) is 0 Å². The summed E-state index contributed by atoms with van der Waals surface area (Å²) in [5, 5.41) is 1.87. The molecule has 0 aliphatic carbocycles. The summed E-state index contributed by atoms with van der Waals surface area (Å²) in [5.74, 6) is 2.69. The lowest BCUT2D eigenvalue weighted by Crippen LogP contribution is -2.47. The molecule has 5 heterocycles. The Morgan fingerprint density at radius 1 is 0.730 bits per heavy atom.